The van der Waals surface area contributed by atoms with Crippen LogP contribution < -0.4 is 5.32 Å². The summed E-state index contributed by atoms with van der Waals surface area (Å²) in [6, 6.07) is 5.48. The number of fused-ring (bicyclic) bond motifs is 1. The minimum absolute atomic E-state index is 0.391. The van der Waals surface area contributed by atoms with Gasteiger partial charge in [0, 0.05) is 28.6 Å². The molecule has 0 fully saturated rings. The van der Waals surface area contributed by atoms with Gasteiger partial charge in [-0.1, -0.05) is 22.0 Å². The molecular weight excluding hydrogens is 272 g/mol. The molecule has 16 heavy (non-hydrogen) atoms. The Hall–Kier alpha value is -1.62. The fourth-order valence-electron chi connectivity index (χ4n) is 1.52. The zero-order chi connectivity index (χ0) is 11.7. The highest BCUT2D eigenvalue weighted by atomic mass is 79.9. The summed E-state index contributed by atoms with van der Waals surface area (Å²) in [5, 5.41) is 3.06. The molecule has 4 nitrogen and oxygen atoms in total. The fraction of sp³-hybridized carbons (Fsp3) is 0.0909. The number of carbonyl (C=O) groups excluding carboxylic acids is 2. The summed E-state index contributed by atoms with van der Waals surface area (Å²) in [5.74, 6) is -1.14. The Balaban J connectivity index is 2.54. The van der Waals surface area contributed by atoms with Gasteiger partial charge < -0.3 is 10.3 Å². The van der Waals surface area contributed by atoms with Crippen molar-refractivity contribution >= 4 is 38.5 Å². The molecule has 2 N–H and O–H groups in total. The number of benzene rings is 1. The zero-order valence-electron chi connectivity index (χ0n) is 8.50. The van der Waals surface area contributed by atoms with Crippen LogP contribution in [0.2, 0.25) is 0 Å². The van der Waals surface area contributed by atoms with Gasteiger partial charge >= 0.3 is 0 Å². The predicted octanol–water partition coefficient (Wildman–Crippen LogP) is 1.86. The van der Waals surface area contributed by atoms with Crippen molar-refractivity contribution in [1.29, 1.82) is 0 Å². The van der Waals surface area contributed by atoms with Gasteiger partial charge in [-0.3, -0.25) is 9.59 Å². The topological polar surface area (TPSA) is 62.0 Å². The number of likely N-dealkylation sites (N-methyl/N-ethyl adjacent to an activating group) is 1. The van der Waals surface area contributed by atoms with Crippen LogP contribution >= 0.6 is 15.9 Å². The molecule has 0 saturated heterocycles. The van der Waals surface area contributed by atoms with Gasteiger partial charge in [-0.15, -0.1) is 0 Å². The minimum Gasteiger partial charge on any atom is -0.360 e. The molecule has 82 valence electrons. The maximum atomic E-state index is 11.7. The largest absolute Gasteiger partial charge is 0.360 e. The smallest absolute Gasteiger partial charge is 0.292 e. The first-order valence-electron chi connectivity index (χ1n) is 4.66. The zero-order valence-corrected chi connectivity index (χ0v) is 10.1. The normalized spacial score (nSPS) is 10.4. The quantitative estimate of drug-likeness (QED) is 0.652. The van der Waals surface area contributed by atoms with Gasteiger partial charge in [0.1, 0.15) is 0 Å². The third-order valence-electron chi connectivity index (χ3n) is 2.32. The molecule has 2 aromatic rings. The predicted molar refractivity (Wildman–Crippen MR) is 64.4 cm³/mol. The highest BCUT2D eigenvalue weighted by molar-refractivity contribution is 9.10. The molecule has 0 aliphatic rings. The number of nitrogens with one attached hydrogen (secondary N) is 2. The number of hydrogen-bond donors (Lipinski definition) is 2. The first-order valence-corrected chi connectivity index (χ1v) is 5.46. The van der Waals surface area contributed by atoms with Crippen LogP contribution in [0.5, 0.6) is 0 Å². The number of aromatic amines is 1. The van der Waals surface area contributed by atoms with Crippen molar-refractivity contribution in [1.82, 2.24) is 10.3 Å². The van der Waals surface area contributed by atoms with Crippen LogP contribution in [0.4, 0.5) is 0 Å². The van der Waals surface area contributed by atoms with Gasteiger partial charge in [0.2, 0.25) is 0 Å². The van der Waals surface area contributed by atoms with Crippen LogP contribution in [0.3, 0.4) is 0 Å². The van der Waals surface area contributed by atoms with Crippen LogP contribution in [0.15, 0.2) is 28.9 Å². The summed E-state index contributed by atoms with van der Waals surface area (Å²) in [4.78, 5) is 25.9. The Morgan fingerprint density at radius 3 is 2.81 bits per heavy atom. The number of amides is 1. The first kappa shape index (κ1) is 10.9. The third-order valence-corrected chi connectivity index (χ3v) is 2.81. The molecule has 0 bridgehead atoms. The molecule has 1 aromatic carbocycles. The van der Waals surface area contributed by atoms with Gasteiger partial charge in [0.15, 0.2) is 0 Å². The van der Waals surface area contributed by atoms with E-state index in [1.165, 1.54) is 7.05 Å². The summed E-state index contributed by atoms with van der Waals surface area (Å²) in [6.45, 7) is 0. The van der Waals surface area contributed by atoms with E-state index in [-0.39, 0.29) is 0 Å². The number of H-pyrrole nitrogens is 1. The highest BCUT2D eigenvalue weighted by Crippen LogP contribution is 2.22. The van der Waals surface area contributed by atoms with E-state index in [2.05, 4.69) is 26.2 Å². The Morgan fingerprint density at radius 1 is 1.38 bits per heavy atom. The average molecular weight is 281 g/mol. The monoisotopic (exact) mass is 280 g/mol. The molecule has 2 rings (SSSR count). The van der Waals surface area contributed by atoms with Crippen molar-refractivity contribution in [2.24, 2.45) is 0 Å². The Bertz CT molecular complexity index is 574. The van der Waals surface area contributed by atoms with Crippen LogP contribution in [0, 0.1) is 0 Å². The maximum absolute atomic E-state index is 11.7. The fourth-order valence-corrected chi connectivity index (χ4v) is 1.88. The van der Waals surface area contributed by atoms with E-state index in [0.29, 0.717) is 5.56 Å². The summed E-state index contributed by atoms with van der Waals surface area (Å²) in [5.41, 5.74) is 1.21. The van der Waals surface area contributed by atoms with Gasteiger partial charge in [-0.25, -0.2) is 0 Å². The van der Waals surface area contributed by atoms with Gasteiger partial charge in [0.05, 0.1) is 5.56 Å². The van der Waals surface area contributed by atoms with Gasteiger partial charge in [-0.05, 0) is 12.1 Å². The maximum Gasteiger partial charge on any atom is 0.292 e. The van der Waals surface area contributed by atoms with E-state index in [9.17, 15) is 9.59 Å². The summed E-state index contributed by atoms with van der Waals surface area (Å²) >= 11 is 3.34. The Morgan fingerprint density at radius 2 is 2.12 bits per heavy atom. The van der Waals surface area contributed by atoms with E-state index in [4.69, 9.17) is 0 Å². The van der Waals surface area contributed by atoms with Gasteiger partial charge in [-0.2, -0.15) is 0 Å². The van der Waals surface area contributed by atoms with Crippen LogP contribution in [0.1, 0.15) is 10.4 Å². The van der Waals surface area contributed by atoms with Crippen LogP contribution in [0.25, 0.3) is 10.9 Å². The molecule has 0 aliphatic carbocycles. The van der Waals surface area contributed by atoms with Gasteiger partial charge in [0.25, 0.3) is 11.7 Å². The van der Waals surface area contributed by atoms with E-state index in [1.54, 1.807) is 12.3 Å². The molecule has 0 saturated carbocycles. The first-order chi connectivity index (χ1) is 7.63. The minimum atomic E-state index is -0.608. The number of carbonyl (C=O) groups is 2. The molecule has 0 unspecified atom stereocenters. The number of ketones is 1. The summed E-state index contributed by atoms with van der Waals surface area (Å²) in [7, 11) is 1.44. The lowest BCUT2D eigenvalue weighted by atomic mass is 10.1. The molecule has 1 heterocycles. The molecule has 1 amide bonds. The number of halogens is 1. The van der Waals surface area contributed by atoms with Crippen molar-refractivity contribution < 1.29 is 9.59 Å². The standard InChI is InChI=1S/C11H9BrN2O2/c1-13-11(16)10(15)8-5-14-9-4-6(12)2-3-7(8)9/h2-5,14H,1H3,(H,13,16). The molecule has 0 radical (unpaired) electrons. The molecule has 1 aromatic heterocycles. The van der Waals surface area contributed by atoms with Crippen molar-refractivity contribution in [2.75, 3.05) is 7.05 Å². The summed E-state index contributed by atoms with van der Waals surface area (Å²) < 4.78 is 0.917. The SMILES string of the molecule is CNC(=O)C(=O)c1c[nH]c2cc(Br)ccc12. The third kappa shape index (κ3) is 1.74. The van der Waals surface area contributed by atoms with E-state index in [0.717, 1.165) is 15.4 Å². The molecular formula is C11H9BrN2O2. The number of rotatable bonds is 2. The molecule has 0 aliphatic heterocycles. The van der Waals surface area contributed by atoms with Crippen molar-refractivity contribution in [3.05, 3.63) is 34.4 Å². The molecule has 0 spiro atoms. The van der Waals surface area contributed by atoms with Crippen molar-refractivity contribution in [3.63, 3.8) is 0 Å². The Kier molecular flexibility index (Phi) is 2.78. The highest BCUT2D eigenvalue weighted by Gasteiger charge is 2.18. The lowest BCUT2D eigenvalue weighted by Gasteiger charge is -1.97. The molecule has 0 atom stereocenters. The number of hydrogen-bond acceptors (Lipinski definition) is 2. The summed E-state index contributed by atoms with van der Waals surface area (Å²) in [6.07, 6.45) is 1.55. The second kappa shape index (κ2) is 4.09. The number of aromatic nitrogens is 1. The average Bonchev–Trinajstić information content (AvgIpc) is 2.69. The lowest BCUT2D eigenvalue weighted by Crippen LogP contribution is -2.27. The second-order valence-electron chi connectivity index (χ2n) is 3.30. The van der Waals surface area contributed by atoms with Crippen molar-refractivity contribution in [2.45, 2.75) is 0 Å². The van der Waals surface area contributed by atoms with Crippen LogP contribution in [-0.2, 0) is 4.79 Å². The number of Topliss-reactive ketones (excluding diaryl/α,β-unsaturated/α-hetero) is 1. The molecule has 5 heteroatoms. The Labute approximate surface area is 100 Å². The van der Waals surface area contributed by atoms with Crippen LogP contribution in [-0.4, -0.2) is 23.7 Å². The van der Waals surface area contributed by atoms with E-state index in [1.807, 2.05) is 12.1 Å². The van der Waals surface area contributed by atoms with E-state index < -0.39 is 11.7 Å². The second-order valence-corrected chi connectivity index (χ2v) is 4.22. The van der Waals surface area contributed by atoms with E-state index >= 15 is 0 Å². The van der Waals surface area contributed by atoms with Crippen molar-refractivity contribution in [3.8, 4) is 0 Å². The lowest BCUT2D eigenvalue weighted by molar-refractivity contribution is -0.116.